The van der Waals surface area contributed by atoms with Crippen molar-refractivity contribution < 1.29 is 9.59 Å². The summed E-state index contributed by atoms with van der Waals surface area (Å²) in [5.74, 6) is -0.189. The molecule has 0 radical (unpaired) electrons. The van der Waals surface area contributed by atoms with Crippen LogP contribution < -0.4 is 16.0 Å². The fraction of sp³-hybridized carbons (Fsp3) is 0.467. The van der Waals surface area contributed by atoms with E-state index in [1.807, 2.05) is 51.1 Å². The molecule has 1 aromatic rings. The molecule has 0 bridgehead atoms. The Labute approximate surface area is 120 Å². The average Bonchev–Trinajstić information content (AvgIpc) is 2.35. The Morgan fingerprint density at radius 1 is 1.05 bits per heavy atom. The first-order valence-electron chi connectivity index (χ1n) is 6.73. The second-order valence-electron chi connectivity index (χ2n) is 5.62. The van der Waals surface area contributed by atoms with Crippen molar-refractivity contribution in [2.45, 2.75) is 32.7 Å². The molecule has 1 aromatic carbocycles. The number of carbonyl (C=O) groups is 2. The van der Waals surface area contributed by atoms with Crippen molar-refractivity contribution in [2.75, 3.05) is 18.4 Å². The molecular weight excluding hydrogens is 254 g/mol. The van der Waals surface area contributed by atoms with Gasteiger partial charge in [-0.15, -0.1) is 0 Å². The predicted octanol–water partition coefficient (Wildman–Crippen LogP) is 1.52. The highest BCUT2D eigenvalue weighted by atomic mass is 16.2. The summed E-state index contributed by atoms with van der Waals surface area (Å²) in [6.45, 7) is 6.32. The summed E-state index contributed by atoms with van der Waals surface area (Å²) >= 11 is 0. The van der Waals surface area contributed by atoms with Crippen LogP contribution in [0.15, 0.2) is 30.3 Å². The maximum Gasteiger partial charge on any atom is 0.239 e. The van der Waals surface area contributed by atoms with Gasteiger partial charge in [-0.2, -0.15) is 0 Å². The van der Waals surface area contributed by atoms with Crippen molar-refractivity contribution in [3.05, 3.63) is 30.3 Å². The van der Waals surface area contributed by atoms with E-state index in [1.165, 1.54) is 0 Å². The Balaban J connectivity index is 2.16. The van der Waals surface area contributed by atoms with E-state index < -0.39 is 0 Å². The Morgan fingerprint density at radius 3 is 2.30 bits per heavy atom. The molecule has 110 valence electrons. The molecule has 0 fully saturated rings. The highest BCUT2D eigenvalue weighted by Gasteiger charge is 2.13. The molecule has 0 unspecified atom stereocenters. The number of nitrogens with one attached hydrogen (secondary N) is 3. The van der Waals surface area contributed by atoms with Gasteiger partial charge in [0, 0.05) is 24.2 Å². The van der Waals surface area contributed by atoms with Crippen molar-refractivity contribution in [3.63, 3.8) is 0 Å². The summed E-state index contributed by atoms with van der Waals surface area (Å²) < 4.78 is 0. The molecule has 0 heterocycles. The lowest BCUT2D eigenvalue weighted by Gasteiger charge is -2.20. The molecule has 2 amide bonds. The van der Waals surface area contributed by atoms with Crippen LogP contribution >= 0.6 is 0 Å². The zero-order valence-corrected chi connectivity index (χ0v) is 12.3. The summed E-state index contributed by atoms with van der Waals surface area (Å²) in [5.41, 5.74) is 0.656. The molecule has 0 atom stereocenters. The average molecular weight is 277 g/mol. The number of hydrogen-bond donors (Lipinski definition) is 3. The molecule has 3 N–H and O–H groups in total. The molecule has 5 heteroatoms. The van der Waals surface area contributed by atoms with Crippen LogP contribution in [0, 0.1) is 0 Å². The fourth-order valence-corrected chi connectivity index (χ4v) is 1.60. The minimum absolute atomic E-state index is 0.0613. The lowest BCUT2D eigenvalue weighted by atomic mass is 10.1. The van der Waals surface area contributed by atoms with E-state index in [2.05, 4.69) is 16.0 Å². The number of benzene rings is 1. The van der Waals surface area contributed by atoms with E-state index >= 15 is 0 Å². The Kier molecular flexibility index (Phi) is 6.03. The van der Waals surface area contributed by atoms with Crippen LogP contribution in [0.4, 0.5) is 5.69 Å². The molecule has 0 saturated heterocycles. The number of para-hydroxylation sites is 1. The van der Waals surface area contributed by atoms with Crippen LogP contribution in [0.25, 0.3) is 0 Å². The summed E-state index contributed by atoms with van der Waals surface area (Å²) in [6.07, 6.45) is 0.286. The molecule has 1 rings (SSSR count). The molecule has 0 aromatic heterocycles. The normalized spacial score (nSPS) is 10.8. The first kappa shape index (κ1) is 16.0. The number of rotatable bonds is 6. The van der Waals surface area contributed by atoms with E-state index in [9.17, 15) is 9.59 Å². The van der Waals surface area contributed by atoms with Crippen molar-refractivity contribution in [1.29, 1.82) is 0 Å². The van der Waals surface area contributed by atoms with Gasteiger partial charge in [-0.05, 0) is 32.9 Å². The summed E-state index contributed by atoms with van der Waals surface area (Å²) in [6, 6.07) is 9.50. The SMILES string of the molecule is CC(C)(C)NC(=O)CCNC(=O)CNc1ccccc1. The molecule has 5 nitrogen and oxygen atoms in total. The van der Waals surface area contributed by atoms with Gasteiger partial charge in [0.05, 0.1) is 6.54 Å². The van der Waals surface area contributed by atoms with Crippen LogP contribution in [0.2, 0.25) is 0 Å². The van der Waals surface area contributed by atoms with Gasteiger partial charge in [0.25, 0.3) is 0 Å². The van der Waals surface area contributed by atoms with Crippen molar-refractivity contribution >= 4 is 17.5 Å². The molecule has 20 heavy (non-hydrogen) atoms. The van der Waals surface area contributed by atoms with E-state index in [4.69, 9.17) is 0 Å². The second kappa shape index (κ2) is 7.53. The first-order chi connectivity index (χ1) is 9.37. The molecule has 0 aliphatic rings. The molecular formula is C15H23N3O2. The molecule has 0 aliphatic heterocycles. The number of amides is 2. The Morgan fingerprint density at radius 2 is 1.70 bits per heavy atom. The zero-order chi connectivity index (χ0) is 15.0. The van der Waals surface area contributed by atoms with E-state index in [-0.39, 0.29) is 30.3 Å². The Bertz CT molecular complexity index is 438. The largest absolute Gasteiger partial charge is 0.376 e. The maximum absolute atomic E-state index is 11.6. The number of carbonyl (C=O) groups excluding carboxylic acids is 2. The topological polar surface area (TPSA) is 70.2 Å². The minimum atomic E-state index is -0.240. The molecule has 0 spiro atoms. The van der Waals surface area contributed by atoms with Gasteiger partial charge in [0.15, 0.2) is 0 Å². The van der Waals surface area contributed by atoms with Gasteiger partial charge in [-0.25, -0.2) is 0 Å². The third-order valence-electron chi connectivity index (χ3n) is 2.42. The second-order valence-corrected chi connectivity index (χ2v) is 5.62. The number of anilines is 1. The van der Waals surface area contributed by atoms with Gasteiger partial charge in [-0.3, -0.25) is 9.59 Å². The van der Waals surface area contributed by atoms with E-state index in [1.54, 1.807) is 0 Å². The van der Waals surface area contributed by atoms with Crippen LogP contribution in [-0.2, 0) is 9.59 Å². The monoisotopic (exact) mass is 277 g/mol. The van der Waals surface area contributed by atoms with Crippen LogP contribution in [-0.4, -0.2) is 30.4 Å². The molecule has 0 saturated carbocycles. The van der Waals surface area contributed by atoms with Crippen molar-refractivity contribution in [3.8, 4) is 0 Å². The zero-order valence-electron chi connectivity index (χ0n) is 12.3. The van der Waals surface area contributed by atoms with Gasteiger partial charge in [0.2, 0.25) is 11.8 Å². The smallest absolute Gasteiger partial charge is 0.239 e. The maximum atomic E-state index is 11.6. The quantitative estimate of drug-likeness (QED) is 0.738. The number of hydrogen-bond acceptors (Lipinski definition) is 3. The predicted molar refractivity (Wildman–Crippen MR) is 80.5 cm³/mol. The third-order valence-corrected chi connectivity index (χ3v) is 2.42. The minimum Gasteiger partial charge on any atom is -0.376 e. The van der Waals surface area contributed by atoms with Gasteiger partial charge in [0.1, 0.15) is 0 Å². The fourth-order valence-electron chi connectivity index (χ4n) is 1.60. The summed E-state index contributed by atoms with van der Waals surface area (Å²) in [7, 11) is 0. The van der Waals surface area contributed by atoms with Crippen molar-refractivity contribution in [1.82, 2.24) is 10.6 Å². The van der Waals surface area contributed by atoms with Crippen LogP contribution in [0.3, 0.4) is 0 Å². The lowest BCUT2D eigenvalue weighted by Crippen LogP contribution is -2.42. The van der Waals surface area contributed by atoms with E-state index in [0.29, 0.717) is 6.54 Å². The van der Waals surface area contributed by atoms with Crippen LogP contribution in [0.1, 0.15) is 27.2 Å². The Hall–Kier alpha value is -2.04. The van der Waals surface area contributed by atoms with Gasteiger partial charge < -0.3 is 16.0 Å². The highest BCUT2D eigenvalue weighted by Crippen LogP contribution is 2.03. The van der Waals surface area contributed by atoms with E-state index in [0.717, 1.165) is 5.69 Å². The van der Waals surface area contributed by atoms with Crippen molar-refractivity contribution in [2.24, 2.45) is 0 Å². The van der Waals surface area contributed by atoms with Gasteiger partial charge in [-0.1, -0.05) is 18.2 Å². The third kappa shape index (κ3) is 7.41. The van der Waals surface area contributed by atoms with Crippen LogP contribution in [0.5, 0.6) is 0 Å². The molecule has 0 aliphatic carbocycles. The standard InChI is InChI=1S/C15H23N3O2/c1-15(2,3)18-13(19)9-10-16-14(20)11-17-12-7-5-4-6-8-12/h4-8,17H,9-11H2,1-3H3,(H,16,20)(H,18,19). The first-order valence-corrected chi connectivity index (χ1v) is 6.73. The van der Waals surface area contributed by atoms with Gasteiger partial charge >= 0.3 is 0 Å². The summed E-state index contributed by atoms with van der Waals surface area (Å²) in [4.78, 5) is 23.1. The lowest BCUT2D eigenvalue weighted by molar-refractivity contribution is -0.122. The highest BCUT2D eigenvalue weighted by molar-refractivity contribution is 5.82. The summed E-state index contributed by atoms with van der Waals surface area (Å²) in [5, 5.41) is 8.56.